The second-order valence-corrected chi connectivity index (χ2v) is 8.51. The molecule has 0 saturated heterocycles. The average molecular weight is 473 g/mol. The highest BCUT2D eigenvalue weighted by atomic mass is 19.4. The third-order valence-corrected chi connectivity index (χ3v) is 6.16. The Balaban J connectivity index is 1.89. The molecule has 178 valence electrons. The molecule has 2 aromatic rings. The van der Waals surface area contributed by atoms with Gasteiger partial charge in [0.2, 0.25) is 0 Å². The predicted octanol–water partition coefficient (Wildman–Crippen LogP) is 5.47. The molecule has 0 bridgehead atoms. The number of alkyl halides is 3. The van der Waals surface area contributed by atoms with Crippen molar-refractivity contribution in [2.45, 2.75) is 25.9 Å². The van der Waals surface area contributed by atoms with Crippen molar-refractivity contribution in [3.63, 3.8) is 0 Å². The van der Waals surface area contributed by atoms with Gasteiger partial charge in [0.15, 0.2) is 6.61 Å². The minimum Gasteiger partial charge on any atom is -0.481 e. The molecule has 1 aliphatic carbocycles. The smallest absolute Gasteiger partial charge is 0.422 e. The number of nitriles is 1. The molecule has 3 rings (SSSR count). The van der Waals surface area contributed by atoms with Gasteiger partial charge >= 0.3 is 18.1 Å². The number of carbonyl (C=O) groups is 2. The van der Waals surface area contributed by atoms with Gasteiger partial charge in [-0.3, -0.25) is 4.79 Å². The van der Waals surface area contributed by atoms with Crippen LogP contribution in [0.4, 0.5) is 13.2 Å². The second-order valence-electron chi connectivity index (χ2n) is 8.51. The van der Waals surface area contributed by atoms with E-state index in [2.05, 4.69) is 10.8 Å². The van der Waals surface area contributed by atoms with E-state index in [9.17, 15) is 33.1 Å². The first kappa shape index (κ1) is 24.8. The maximum absolute atomic E-state index is 12.5. The van der Waals surface area contributed by atoms with Crippen LogP contribution in [-0.2, 0) is 14.3 Å². The minimum absolute atomic E-state index is 0.405. The topological polar surface area (TPSA) is 96.6 Å². The lowest BCUT2D eigenvalue weighted by Crippen LogP contribution is -2.28. The number of carboxylic acids is 1. The number of hydrogen-bond donors (Lipinski definition) is 1. The molecule has 0 amide bonds. The first-order chi connectivity index (χ1) is 15.9. The molecule has 2 aromatic carbocycles. The lowest BCUT2D eigenvalue weighted by Gasteiger charge is -2.22. The third-order valence-electron chi connectivity index (χ3n) is 6.16. The molecule has 34 heavy (non-hydrogen) atoms. The number of nitrogens with zero attached hydrogens (tertiary/aromatic N) is 1. The lowest BCUT2D eigenvalue weighted by molar-refractivity contribution is -0.182. The van der Waals surface area contributed by atoms with E-state index >= 15 is 0 Å². The van der Waals surface area contributed by atoms with Crippen LogP contribution in [-0.4, -0.2) is 29.8 Å². The number of halogens is 3. The normalized spacial score (nSPS) is 21.9. The predicted molar refractivity (Wildman–Crippen MR) is 115 cm³/mol. The zero-order valence-corrected chi connectivity index (χ0v) is 18.4. The number of aliphatic carboxylic acids is 1. The molecule has 1 saturated carbocycles. The molecule has 0 spiro atoms. The molecule has 1 aliphatic rings. The minimum atomic E-state index is -4.67. The fourth-order valence-corrected chi connectivity index (χ4v) is 4.51. The fourth-order valence-electron chi connectivity index (χ4n) is 4.51. The molecule has 0 radical (unpaired) electrons. The van der Waals surface area contributed by atoms with Gasteiger partial charge < -0.3 is 14.6 Å². The number of ether oxygens (including phenoxy) is 2. The van der Waals surface area contributed by atoms with Crippen LogP contribution < -0.4 is 4.74 Å². The Morgan fingerprint density at radius 2 is 1.79 bits per heavy atom. The molecule has 9 heteroatoms. The number of allylic oxidation sites excluding steroid dienone is 1. The Morgan fingerprint density at radius 1 is 1.15 bits per heavy atom. The molecule has 1 fully saturated rings. The van der Waals surface area contributed by atoms with Crippen LogP contribution in [0.2, 0.25) is 0 Å². The van der Waals surface area contributed by atoms with Gasteiger partial charge in [0, 0.05) is 12.0 Å². The van der Waals surface area contributed by atoms with Crippen LogP contribution in [0.3, 0.4) is 0 Å². The maximum atomic E-state index is 12.5. The van der Waals surface area contributed by atoms with Crippen molar-refractivity contribution in [1.82, 2.24) is 0 Å². The van der Waals surface area contributed by atoms with Crippen LogP contribution >= 0.6 is 0 Å². The summed E-state index contributed by atoms with van der Waals surface area (Å²) in [5.41, 5.74) is -2.19. The van der Waals surface area contributed by atoms with E-state index in [1.54, 1.807) is 62.4 Å². The number of carbonyl (C=O) groups excluding carboxylic acids is 1. The van der Waals surface area contributed by atoms with E-state index in [-0.39, 0.29) is 0 Å². The molecule has 6 nitrogen and oxygen atoms in total. The van der Waals surface area contributed by atoms with E-state index in [0.29, 0.717) is 17.1 Å². The lowest BCUT2D eigenvalue weighted by atomic mass is 9.78. The average Bonchev–Trinajstić information content (AvgIpc) is 3.27. The van der Waals surface area contributed by atoms with Crippen molar-refractivity contribution in [2.24, 2.45) is 16.7 Å². The van der Waals surface area contributed by atoms with E-state index < -0.39 is 47.4 Å². The van der Waals surface area contributed by atoms with Crippen LogP contribution in [0.15, 0.2) is 66.7 Å². The summed E-state index contributed by atoms with van der Waals surface area (Å²) in [6.45, 7) is 1.51. The summed E-state index contributed by atoms with van der Waals surface area (Å²) in [7, 11) is 0. The molecule has 0 aromatic heterocycles. The maximum Gasteiger partial charge on any atom is 0.422 e. The van der Waals surface area contributed by atoms with Gasteiger partial charge in [-0.05, 0) is 35.2 Å². The monoisotopic (exact) mass is 473 g/mol. The number of esters is 1. The summed E-state index contributed by atoms with van der Waals surface area (Å²) in [4.78, 5) is 24.2. The van der Waals surface area contributed by atoms with Crippen molar-refractivity contribution in [3.8, 4) is 17.6 Å². The Labute approximate surface area is 194 Å². The Kier molecular flexibility index (Phi) is 6.73. The standard InChI is InChI=1S/C25H22F3NO5/c1-23(2)20(11-12-21(30)33-15-24(26,27)28)25(23,22(31)32)19(14-29)16-7-6-10-18(13-16)34-17-8-4-3-5-9-17/h3-13,19-20H,15H2,1-2H3,(H,31,32)/t19-,20-,25+/m0/s1. The fraction of sp³-hybridized carbons (Fsp3) is 0.320. The number of para-hydroxylation sites is 1. The highest BCUT2D eigenvalue weighted by molar-refractivity contribution is 5.86. The van der Waals surface area contributed by atoms with Gasteiger partial charge in [-0.25, -0.2) is 4.79 Å². The van der Waals surface area contributed by atoms with Gasteiger partial charge in [0.25, 0.3) is 0 Å². The summed E-state index contributed by atoms with van der Waals surface area (Å²) < 4.78 is 46.7. The zero-order valence-electron chi connectivity index (χ0n) is 18.4. The van der Waals surface area contributed by atoms with Gasteiger partial charge in [0.1, 0.15) is 16.9 Å². The molecular formula is C25H22F3NO5. The Bertz CT molecular complexity index is 1140. The number of benzene rings is 2. The van der Waals surface area contributed by atoms with Crippen LogP contribution in [0.5, 0.6) is 11.5 Å². The van der Waals surface area contributed by atoms with Gasteiger partial charge in [-0.2, -0.15) is 18.4 Å². The summed E-state index contributed by atoms with van der Waals surface area (Å²) in [5.74, 6) is -3.46. The summed E-state index contributed by atoms with van der Waals surface area (Å²) in [5, 5.41) is 20.2. The number of rotatable bonds is 8. The van der Waals surface area contributed by atoms with Crippen molar-refractivity contribution < 1.29 is 37.3 Å². The zero-order chi connectivity index (χ0) is 25.1. The highest BCUT2D eigenvalue weighted by Crippen LogP contribution is 2.75. The largest absolute Gasteiger partial charge is 0.481 e. The van der Waals surface area contributed by atoms with Crippen LogP contribution in [0, 0.1) is 28.1 Å². The summed E-state index contributed by atoms with van der Waals surface area (Å²) >= 11 is 0. The Morgan fingerprint density at radius 3 is 2.38 bits per heavy atom. The van der Waals surface area contributed by atoms with Gasteiger partial charge in [-0.15, -0.1) is 0 Å². The van der Waals surface area contributed by atoms with E-state index in [4.69, 9.17) is 4.74 Å². The Hall–Kier alpha value is -3.80. The molecule has 0 unspecified atom stereocenters. The van der Waals surface area contributed by atoms with Crippen LogP contribution in [0.25, 0.3) is 0 Å². The first-order valence-electron chi connectivity index (χ1n) is 10.3. The molecule has 1 N–H and O–H groups in total. The number of carboxylic acid groups (broad SMARTS) is 1. The van der Waals surface area contributed by atoms with E-state index in [1.165, 1.54) is 6.08 Å². The van der Waals surface area contributed by atoms with E-state index in [0.717, 1.165) is 6.08 Å². The van der Waals surface area contributed by atoms with Crippen molar-refractivity contribution in [2.75, 3.05) is 6.61 Å². The van der Waals surface area contributed by atoms with Crippen molar-refractivity contribution >= 4 is 11.9 Å². The molecular weight excluding hydrogens is 451 g/mol. The second kappa shape index (κ2) is 9.21. The highest BCUT2D eigenvalue weighted by Gasteiger charge is 2.78. The summed E-state index contributed by atoms with van der Waals surface area (Å²) in [6.07, 6.45) is -2.68. The third kappa shape index (κ3) is 4.76. The molecule has 0 aliphatic heterocycles. The summed E-state index contributed by atoms with van der Waals surface area (Å²) in [6, 6.07) is 17.5. The first-order valence-corrected chi connectivity index (χ1v) is 10.3. The van der Waals surface area contributed by atoms with Crippen molar-refractivity contribution in [3.05, 3.63) is 72.3 Å². The molecule has 0 heterocycles. The van der Waals surface area contributed by atoms with Gasteiger partial charge in [-0.1, -0.05) is 50.3 Å². The molecule has 3 atom stereocenters. The van der Waals surface area contributed by atoms with Crippen molar-refractivity contribution in [1.29, 1.82) is 5.26 Å². The van der Waals surface area contributed by atoms with Gasteiger partial charge in [0.05, 0.1) is 12.0 Å². The number of hydrogen-bond acceptors (Lipinski definition) is 5. The SMILES string of the molecule is CC1(C)[C@H](C=CC(=O)OCC(F)(F)F)[C@@]1(C(=O)O)[C@@H](C#N)c1cccc(Oc2ccccc2)c1. The van der Waals surface area contributed by atoms with E-state index in [1.807, 2.05) is 6.07 Å². The quantitative estimate of drug-likeness (QED) is 0.403. The van der Waals surface area contributed by atoms with Crippen LogP contribution in [0.1, 0.15) is 25.3 Å².